The van der Waals surface area contributed by atoms with Gasteiger partial charge in [0.2, 0.25) is 5.91 Å². The molecule has 2 atom stereocenters. The molecule has 3 fully saturated rings. The average Bonchev–Trinajstić information content (AvgIpc) is 3.53. The molecule has 5 rings (SSSR count). The highest BCUT2D eigenvalue weighted by molar-refractivity contribution is 7.85. The van der Waals surface area contributed by atoms with Crippen molar-refractivity contribution in [2.75, 3.05) is 41.4 Å². The lowest BCUT2D eigenvalue weighted by atomic mass is 10.0. The molecular formula is C25H31N3O3S. The first-order valence-electron chi connectivity index (χ1n) is 11.5. The van der Waals surface area contributed by atoms with E-state index in [0.29, 0.717) is 23.6 Å². The Kier molecular flexibility index (Phi) is 6.00. The molecule has 0 radical (unpaired) electrons. The number of carbonyl (C=O) groups excluding carboxylic acids is 2. The van der Waals surface area contributed by atoms with Gasteiger partial charge in [-0.15, -0.1) is 0 Å². The molecule has 2 aromatic carbocycles. The van der Waals surface area contributed by atoms with Gasteiger partial charge in [0, 0.05) is 55.0 Å². The molecular weight excluding hydrogens is 422 g/mol. The van der Waals surface area contributed by atoms with E-state index in [9.17, 15) is 13.8 Å². The van der Waals surface area contributed by atoms with Crippen molar-refractivity contribution in [3.8, 4) is 0 Å². The summed E-state index contributed by atoms with van der Waals surface area (Å²) in [5.41, 5.74) is 3.31. The van der Waals surface area contributed by atoms with Crippen LogP contribution in [0.3, 0.4) is 0 Å². The number of nitrogens with zero attached hydrogens (tertiary/aromatic N) is 2. The van der Waals surface area contributed by atoms with E-state index in [1.54, 1.807) is 0 Å². The van der Waals surface area contributed by atoms with Crippen molar-refractivity contribution in [2.24, 2.45) is 5.92 Å². The lowest BCUT2D eigenvalue weighted by Crippen LogP contribution is -2.44. The number of nitrogens with one attached hydrogen (secondary N) is 1. The average molecular weight is 454 g/mol. The van der Waals surface area contributed by atoms with Gasteiger partial charge in [-0.05, 0) is 49.4 Å². The number of benzene rings is 2. The molecule has 2 heterocycles. The van der Waals surface area contributed by atoms with Gasteiger partial charge in [0.1, 0.15) is 0 Å². The Hall–Kier alpha value is -2.67. The maximum absolute atomic E-state index is 13.8. The molecule has 0 aromatic heterocycles. The minimum atomic E-state index is -0.933. The van der Waals surface area contributed by atoms with Crippen LogP contribution < -0.4 is 10.2 Å². The van der Waals surface area contributed by atoms with E-state index >= 15 is 0 Å². The van der Waals surface area contributed by atoms with Crippen LogP contribution in [0.4, 0.5) is 11.4 Å². The molecule has 0 spiro atoms. The molecule has 2 aromatic rings. The summed E-state index contributed by atoms with van der Waals surface area (Å²) in [4.78, 5) is 30.2. The summed E-state index contributed by atoms with van der Waals surface area (Å²) in [6.07, 6.45) is 4.11. The first kappa shape index (κ1) is 21.2. The molecule has 6 nitrogen and oxygen atoms in total. The van der Waals surface area contributed by atoms with Crippen molar-refractivity contribution in [1.29, 1.82) is 0 Å². The van der Waals surface area contributed by atoms with Gasteiger partial charge in [-0.3, -0.25) is 13.8 Å². The Morgan fingerprint density at radius 3 is 2.47 bits per heavy atom. The topological polar surface area (TPSA) is 69.7 Å². The Balaban J connectivity index is 0.00000259. The van der Waals surface area contributed by atoms with Gasteiger partial charge in [0.05, 0.1) is 17.3 Å². The molecule has 32 heavy (non-hydrogen) atoms. The zero-order valence-electron chi connectivity index (χ0n) is 18.2. The number of hydrogen-bond acceptors (Lipinski definition) is 4. The number of rotatable bonds is 5. The molecule has 2 saturated heterocycles. The maximum atomic E-state index is 13.8. The van der Waals surface area contributed by atoms with Crippen LogP contribution in [0, 0.1) is 5.92 Å². The Labute approximate surface area is 192 Å². The highest BCUT2D eigenvalue weighted by atomic mass is 32.2. The van der Waals surface area contributed by atoms with Crippen LogP contribution in [0.5, 0.6) is 0 Å². The molecule has 3 aliphatic rings. The van der Waals surface area contributed by atoms with E-state index in [-0.39, 0.29) is 25.2 Å². The zero-order chi connectivity index (χ0) is 22.1. The molecule has 1 aliphatic carbocycles. The lowest BCUT2D eigenvalue weighted by molar-refractivity contribution is -0.117. The third-order valence-corrected chi connectivity index (χ3v) is 7.94. The normalized spacial score (nSPS) is 23.2. The van der Waals surface area contributed by atoms with E-state index in [4.69, 9.17) is 0 Å². The standard InChI is InChI=1S/C25H29N3O3S.H2/c29-24(19-8-9-19)26-20-10-11-21(22(16-20)27-12-4-5-13-27)25(30)28-14-15-32(31)17-23(28)18-6-2-1-3-7-18;/h1-3,6-7,10-11,16,19,23H,4-5,8-9,12-15,17H2,(H,26,29);1H. The van der Waals surface area contributed by atoms with Crippen LogP contribution in [-0.4, -0.2) is 52.1 Å². The van der Waals surface area contributed by atoms with E-state index in [1.165, 1.54) is 0 Å². The van der Waals surface area contributed by atoms with E-state index in [0.717, 1.165) is 55.7 Å². The lowest BCUT2D eigenvalue weighted by Gasteiger charge is -2.36. The fraction of sp³-hybridized carbons (Fsp3) is 0.440. The van der Waals surface area contributed by atoms with Crippen molar-refractivity contribution < 1.29 is 15.2 Å². The van der Waals surface area contributed by atoms with Gasteiger partial charge < -0.3 is 15.1 Å². The molecule has 0 bridgehead atoms. The Morgan fingerprint density at radius 1 is 1.00 bits per heavy atom. The summed E-state index contributed by atoms with van der Waals surface area (Å²) in [7, 11) is -0.933. The minimum Gasteiger partial charge on any atom is -0.371 e. The highest BCUT2D eigenvalue weighted by Gasteiger charge is 2.34. The monoisotopic (exact) mass is 453 g/mol. The highest BCUT2D eigenvalue weighted by Crippen LogP contribution is 2.34. The molecule has 2 aliphatic heterocycles. The van der Waals surface area contributed by atoms with Gasteiger partial charge >= 0.3 is 0 Å². The first-order valence-corrected chi connectivity index (χ1v) is 13.0. The SMILES string of the molecule is O=C(Nc1ccc(C(=O)N2CCS(=O)CC2c2ccccc2)c(N2CCCC2)c1)C1CC1.[HH]. The van der Waals surface area contributed by atoms with Gasteiger partial charge in [-0.25, -0.2) is 0 Å². The van der Waals surface area contributed by atoms with E-state index < -0.39 is 10.8 Å². The minimum absolute atomic E-state index is 0. The fourth-order valence-electron chi connectivity index (χ4n) is 4.65. The van der Waals surface area contributed by atoms with Crippen LogP contribution in [0.15, 0.2) is 48.5 Å². The maximum Gasteiger partial charge on any atom is 0.256 e. The Morgan fingerprint density at radius 2 is 1.75 bits per heavy atom. The number of anilines is 2. The van der Waals surface area contributed by atoms with Crippen LogP contribution >= 0.6 is 0 Å². The summed E-state index contributed by atoms with van der Waals surface area (Å²) >= 11 is 0. The fourth-order valence-corrected chi connectivity index (χ4v) is 5.95. The molecule has 2 unspecified atom stereocenters. The van der Waals surface area contributed by atoms with Crippen molar-refractivity contribution in [1.82, 2.24) is 4.90 Å². The van der Waals surface area contributed by atoms with E-state index in [1.807, 2.05) is 53.4 Å². The predicted molar refractivity (Wildman–Crippen MR) is 129 cm³/mol. The predicted octanol–water partition coefficient (Wildman–Crippen LogP) is 3.83. The second kappa shape index (κ2) is 9.06. The molecule has 7 heteroatoms. The van der Waals surface area contributed by atoms with Crippen LogP contribution in [0.1, 0.15) is 49.1 Å². The number of carbonyl (C=O) groups is 2. The Bertz CT molecular complexity index is 1040. The smallest absolute Gasteiger partial charge is 0.256 e. The molecule has 1 saturated carbocycles. The van der Waals surface area contributed by atoms with Crippen molar-refractivity contribution in [3.63, 3.8) is 0 Å². The van der Waals surface area contributed by atoms with Crippen LogP contribution in [0.2, 0.25) is 0 Å². The van der Waals surface area contributed by atoms with Gasteiger partial charge in [-0.1, -0.05) is 30.3 Å². The molecule has 2 amide bonds. The van der Waals surface area contributed by atoms with Crippen LogP contribution in [-0.2, 0) is 15.6 Å². The molecule has 170 valence electrons. The van der Waals surface area contributed by atoms with Crippen LogP contribution in [0.25, 0.3) is 0 Å². The quantitative estimate of drug-likeness (QED) is 0.747. The summed E-state index contributed by atoms with van der Waals surface area (Å²) in [5, 5.41) is 3.02. The zero-order valence-corrected chi connectivity index (χ0v) is 19.0. The summed E-state index contributed by atoms with van der Waals surface area (Å²) in [6.45, 7) is 2.30. The van der Waals surface area contributed by atoms with E-state index in [2.05, 4.69) is 10.2 Å². The second-order valence-electron chi connectivity index (χ2n) is 8.93. The summed E-state index contributed by atoms with van der Waals surface area (Å²) < 4.78 is 12.4. The van der Waals surface area contributed by atoms with Crippen molar-refractivity contribution >= 4 is 34.0 Å². The second-order valence-corrected chi connectivity index (χ2v) is 10.5. The first-order chi connectivity index (χ1) is 15.6. The third-order valence-electron chi connectivity index (χ3n) is 6.62. The van der Waals surface area contributed by atoms with Gasteiger partial charge in [-0.2, -0.15) is 0 Å². The number of amides is 2. The van der Waals surface area contributed by atoms with Gasteiger partial charge in [0.25, 0.3) is 5.91 Å². The van der Waals surface area contributed by atoms with Gasteiger partial charge in [0.15, 0.2) is 0 Å². The van der Waals surface area contributed by atoms with Crippen molar-refractivity contribution in [2.45, 2.75) is 31.7 Å². The summed E-state index contributed by atoms with van der Waals surface area (Å²) in [6, 6.07) is 15.3. The largest absolute Gasteiger partial charge is 0.371 e. The molecule has 1 N–H and O–H groups in total. The van der Waals surface area contributed by atoms with Crippen molar-refractivity contribution in [3.05, 3.63) is 59.7 Å². The summed E-state index contributed by atoms with van der Waals surface area (Å²) in [5.74, 6) is 1.14. The third kappa shape index (κ3) is 4.44. The number of hydrogen-bond donors (Lipinski definition) is 1.